The van der Waals surface area contributed by atoms with Gasteiger partial charge in [-0.2, -0.15) is 31.6 Å². The summed E-state index contributed by atoms with van der Waals surface area (Å²) in [6.45, 7) is 0. The lowest BCUT2D eigenvalue weighted by atomic mass is 9.97. The summed E-state index contributed by atoms with van der Waals surface area (Å²) < 4.78 is 104. The molecular weight excluding hydrogens is 346 g/mol. The van der Waals surface area contributed by atoms with E-state index in [0.717, 1.165) is 0 Å². The van der Waals surface area contributed by atoms with E-state index < -0.39 is 51.8 Å². The second kappa shape index (κ2) is 5.78. The number of nitrogens with zero attached hydrogens (tertiary/aromatic N) is 1. The average molecular weight is 351 g/mol. The van der Waals surface area contributed by atoms with Gasteiger partial charge in [-0.3, -0.25) is 0 Å². The van der Waals surface area contributed by atoms with Crippen LogP contribution in [0.2, 0.25) is 0 Å². The van der Waals surface area contributed by atoms with Crippen LogP contribution >= 0.6 is 0 Å². The molecule has 0 radical (unpaired) electrons. The molecule has 2 rings (SSSR count). The zero-order chi connectivity index (χ0) is 18.3. The van der Waals surface area contributed by atoms with Crippen LogP contribution in [-0.2, 0) is 12.4 Å². The molecule has 0 saturated heterocycles. The minimum Gasteiger partial charge on any atom is -0.206 e. The Bertz CT molecular complexity index is 772. The van der Waals surface area contributed by atoms with Crippen molar-refractivity contribution in [3.05, 3.63) is 58.7 Å². The normalized spacial score (nSPS) is 12.1. The van der Waals surface area contributed by atoms with E-state index in [9.17, 15) is 35.1 Å². The summed E-state index contributed by atoms with van der Waals surface area (Å²) in [6, 6.07) is 2.73. The monoisotopic (exact) mass is 351 g/mol. The molecule has 0 aliphatic carbocycles. The van der Waals surface area contributed by atoms with Crippen molar-refractivity contribution in [2.45, 2.75) is 12.4 Å². The molecule has 2 aromatic rings. The summed E-state index contributed by atoms with van der Waals surface area (Å²) in [6.07, 6.45) is -10.3. The summed E-state index contributed by atoms with van der Waals surface area (Å²) in [7, 11) is 0. The molecule has 126 valence electrons. The Morgan fingerprint density at radius 3 is 1.46 bits per heavy atom. The van der Waals surface area contributed by atoms with Crippen molar-refractivity contribution in [2.24, 2.45) is 0 Å². The summed E-state index contributed by atoms with van der Waals surface area (Å²) >= 11 is 0. The van der Waals surface area contributed by atoms with Crippen molar-refractivity contribution in [3.63, 3.8) is 0 Å². The Morgan fingerprint density at radius 1 is 0.708 bits per heavy atom. The standard InChI is InChI=1S/C15H5F8N/c16-11-1-7(6-24)2-12(17)13(11)8-3-9(14(18,19)20)5-10(4-8)15(21,22)23/h1-5H. The van der Waals surface area contributed by atoms with Crippen LogP contribution in [0.4, 0.5) is 35.1 Å². The fourth-order valence-electron chi connectivity index (χ4n) is 2.01. The smallest absolute Gasteiger partial charge is 0.206 e. The number of hydrogen-bond acceptors (Lipinski definition) is 1. The average Bonchev–Trinajstić information content (AvgIpc) is 2.44. The topological polar surface area (TPSA) is 23.8 Å². The van der Waals surface area contributed by atoms with Crippen LogP contribution < -0.4 is 0 Å². The highest BCUT2D eigenvalue weighted by atomic mass is 19.4. The van der Waals surface area contributed by atoms with Gasteiger partial charge in [0.05, 0.1) is 28.3 Å². The number of nitriles is 1. The minimum absolute atomic E-state index is 0.150. The van der Waals surface area contributed by atoms with Gasteiger partial charge in [-0.25, -0.2) is 8.78 Å². The predicted octanol–water partition coefficient (Wildman–Crippen LogP) is 5.54. The number of halogens is 8. The first-order valence-corrected chi connectivity index (χ1v) is 6.12. The van der Waals surface area contributed by atoms with Crippen molar-refractivity contribution in [1.82, 2.24) is 0 Å². The molecule has 0 aliphatic rings. The Kier molecular flexibility index (Phi) is 4.27. The van der Waals surface area contributed by atoms with E-state index in [1.54, 1.807) is 0 Å². The molecule has 0 amide bonds. The van der Waals surface area contributed by atoms with Crippen LogP contribution in [0.1, 0.15) is 16.7 Å². The molecule has 0 fully saturated rings. The first-order chi connectivity index (χ1) is 10.9. The Labute approximate surface area is 129 Å². The van der Waals surface area contributed by atoms with E-state index in [2.05, 4.69) is 0 Å². The van der Waals surface area contributed by atoms with E-state index in [4.69, 9.17) is 5.26 Å². The van der Waals surface area contributed by atoms with Gasteiger partial charge in [0, 0.05) is 0 Å². The molecule has 0 unspecified atom stereocenters. The molecule has 0 bridgehead atoms. The van der Waals surface area contributed by atoms with Crippen LogP contribution in [-0.4, -0.2) is 0 Å². The van der Waals surface area contributed by atoms with Crippen molar-refractivity contribution < 1.29 is 35.1 Å². The number of alkyl halides is 6. The van der Waals surface area contributed by atoms with Crippen molar-refractivity contribution in [3.8, 4) is 17.2 Å². The van der Waals surface area contributed by atoms with Gasteiger partial charge < -0.3 is 0 Å². The van der Waals surface area contributed by atoms with E-state index in [-0.39, 0.29) is 18.2 Å². The third kappa shape index (κ3) is 3.48. The van der Waals surface area contributed by atoms with Crippen LogP contribution in [0, 0.1) is 23.0 Å². The van der Waals surface area contributed by atoms with Gasteiger partial charge in [-0.1, -0.05) is 0 Å². The largest absolute Gasteiger partial charge is 0.416 e. The van der Waals surface area contributed by atoms with Crippen molar-refractivity contribution in [1.29, 1.82) is 5.26 Å². The molecule has 0 aliphatic heterocycles. The van der Waals surface area contributed by atoms with E-state index in [1.807, 2.05) is 0 Å². The third-order valence-electron chi connectivity index (χ3n) is 3.05. The number of benzene rings is 2. The molecule has 0 saturated carbocycles. The maximum Gasteiger partial charge on any atom is 0.416 e. The zero-order valence-electron chi connectivity index (χ0n) is 11.4. The lowest BCUT2D eigenvalue weighted by molar-refractivity contribution is -0.143. The molecule has 0 heterocycles. The fraction of sp³-hybridized carbons (Fsp3) is 0.133. The van der Waals surface area contributed by atoms with E-state index in [1.165, 1.54) is 6.07 Å². The lowest BCUT2D eigenvalue weighted by Gasteiger charge is -2.15. The van der Waals surface area contributed by atoms with E-state index in [0.29, 0.717) is 12.1 Å². The van der Waals surface area contributed by atoms with Gasteiger partial charge in [0.15, 0.2) is 0 Å². The Morgan fingerprint density at radius 2 is 1.12 bits per heavy atom. The zero-order valence-corrected chi connectivity index (χ0v) is 11.4. The first-order valence-electron chi connectivity index (χ1n) is 6.12. The van der Waals surface area contributed by atoms with Gasteiger partial charge >= 0.3 is 12.4 Å². The summed E-state index contributed by atoms with van der Waals surface area (Å²) in [5.74, 6) is -2.89. The SMILES string of the molecule is N#Cc1cc(F)c(-c2cc(C(F)(F)F)cc(C(F)(F)F)c2)c(F)c1. The quantitative estimate of drug-likeness (QED) is 0.619. The maximum atomic E-state index is 13.9. The molecule has 0 atom stereocenters. The molecule has 0 spiro atoms. The summed E-state index contributed by atoms with van der Waals surface area (Å²) in [5, 5.41) is 8.57. The molecule has 1 nitrogen and oxygen atoms in total. The summed E-state index contributed by atoms with van der Waals surface area (Å²) in [5.41, 5.74) is -5.87. The van der Waals surface area contributed by atoms with Gasteiger partial charge in [0.2, 0.25) is 0 Å². The summed E-state index contributed by atoms with van der Waals surface area (Å²) in [4.78, 5) is 0. The second-order valence-corrected chi connectivity index (χ2v) is 4.72. The highest BCUT2D eigenvalue weighted by molar-refractivity contribution is 5.68. The second-order valence-electron chi connectivity index (χ2n) is 4.72. The predicted molar refractivity (Wildman–Crippen MR) is 66.5 cm³/mol. The molecular formula is C15H5F8N. The molecule has 9 heteroatoms. The Hall–Kier alpha value is -2.63. The first kappa shape index (κ1) is 17.7. The van der Waals surface area contributed by atoms with Crippen molar-refractivity contribution in [2.75, 3.05) is 0 Å². The molecule has 0 N–H and O–H groups in total. The van der Waals surface area contributed by atoms with Crippen molar-refractivity contribution >= 4 is 0 Å². The van der Waals surface area contributed by atoms with E-state index >= 15 is 0 Å². The lowest BCUT2D eigenvalue weighted by Crippen LogP contribution is -2.11. The number of hydrogen-bond donors (Lipinski definition) is 0. The van der Waals surface area contributed by atoms with Gasteiger partial charge in [-0.15, -0.1) is 0 Å². The van der Waals surface area contributed by atoms with Gasteiger partial charge in [0.1, 0.15) is 11.6 Å². The molecule has 24 heavy (non-hydrogen) atoms. The van der Waals surface area contributed by atoms with Gasteiger partial charge in [0.25, 0.3) is 0 Å². The van der Waals surface area contributed by atoms with Crippen LogP contribution in [0.25, 0.3) is 11.1 Å². The van der Waals surface area contributed by atoms with Crippen LogP contribution in [0.3, 0.4) is 0 Å². The van der Waals surface area contributed by atoms with Crippen LogP contribution in [0.15, 0.2) is 30.3 Å². The minimum atomic E-state index is -5.14. The molecule has 0 aromatic heterocycles. The van der Waals surface area contributed by atoms with Gasteiger partial charge in [-0.05, 0) is 35.9 Å². The highest BCUT2D eigenvalue weighted by Gasteiger charge is 2.37. The maximum absolute atomic E-state index is 13.9. The third-order valence-corrected chi connectivity index (χ3v) is 3.05. The Balaban J connectivity index is 2.78. The fourth-order valence-corrected chi connectivity index (χ4v) is 2.01. The highest BCUT2D eigenvalue weighted by Crippen LogP contribution is 2.39. The van der Waals surface area contributed by atoms with Crippen LogP contribution in [0.5, 0.6) is 0 Å². The number of rotatable bonds is 1. The molecule has 2 aromatic carbocycles.